The van der Waals surface area contributed by atoms with Crippen molar-refractivity contribution < 1.29 is 24.3 Å². The number of carboxylic acids is 1. The van der Waals surface area contributed by atoms with E-state index in [2.05, 4.69) is 5.32 Å². The fourth-order valence-corrected chi connectivity index (χ4v) is 4.13. The second-order valence-electron chi connectivity index (χ2n) is 7.26. The van der Waals surface area contributed by atoms with Crippen LogP contribution in [-0.4, -0.2) is 88.1 Å². The summed E-state index contributed by atoms with van der Waals surface area (Å²) in [6.07, 6.45) is -1.07. The van der Waals surface area contributed by atoms with Gasteiger partial charge in [-0.05, 0) is 18.1 Å². The number of hydrazine groups is 1. The molecule has 0 saturated carbocycles. The van der Waals surface area contributed by atoms with Crippen molar-refractivity contribution in [1.82, 2.24) is 25.1 Å². The lowest BCUT2D eigenvalue weighted by Crippen LogP contribution is -2.75. The number of carbonyl (C=O) groups is 4. The van der Waals surface area contributed by atoms with Gasteiger partial charge in [0.25, 0.3) is 0 Å². The smallest absolute Gasteiger partial charge is 0.333 e. The van der Waals surface area contributed by atoms with Crippen LogP contribution in [-0.2, 0) is 20.9 Å². The van der Waals surface area contributed by atoms with E-state index < -0.39 is 24.2 Å². The van der Waals surface area contributed by atoms with Crippen molar-refractivity contribution in [2.45, 2.75) is 31.6 Å². The van der Waals surface area contributed by atoms with Gasteiger partial charge in [0.1, 0.15) is 12.2 Å². The Hall–Kier alpha value is -2.85. The lowest BCUT2D eigenvalue weighted by molar-refractivity contribution is -0.188. The minimum atomic E-state index is -1.06. The maximum Gasteiger partial charge on any atom is 0.333 e. The van der Waals surface area contributed by atoms with Crippen molar-refractivity contribution in [1.29, 1.82) is 0 Å². The molecule has 3 rings (SSSR count). The van der Waals surface area contributed by atoms with Crippen LogP contribution in [0.15, 0.2) is 24.3 Å². The van der Waals surface area contributed by atoms with Crippen LogP contribution >= 0.6 is 11.6 Å². The van der Waals surface area contributed by atoms with Crippen LogP contribution < -0.4 is 5.32 Å². The Morgan fingerprint density at radius 1 is 1.27 bits per heavy atom. The fraction of sp³-hybridized carbons (Fsp3) is 0.474. The SMILES string of the molecule is CNC(=O)N1[C@H]2CN(Cc3ccccc3Cl)C(=O)C(CCC(=O)O)N2C(=O)CN1C. The number of nitrogens with one attached hydrogen (secondary N) is 1. The monoisotopic (exact) mass is 437 g/mol. The van der Waals surface area contributed by atoms with Crippen molar-refractivity contribution in [3.63, 3.8) is 0 Å². The van der Waals surface area contributed by atoms with E-state index in [9.17, 15) is 19.2 Å². The molecule has 30 heavy (non-hydrogen) atoms. The van der Waals surface area contributed by atoms with Crippen LogP contribution in [0.4, 0.5) is 4.79 Å². The first-order valence-corrected chi connectivity index (χ1v) is 9.89. The average molecular weight is 438 g/mol. The zero-order valence-corrected chi connectivity index (χ0v) is 17.5. The highest BCUT2D eigenvalue weighted by atomic mass is 35.5. The molecule has 0 radical (unpaired) electrons. The fourth-order valence-electron chi connectivity index (χ4n) is 3.93. The summed E-state index contributed by atoms with van der Waals surface area (Å²) in [5.41, 5.74) is 0.722. The van der Waals surface area contributed by atoms with E-state index in [1.54, 1.807) is 31.3 Å². The van der Waals surface area contributed by atoms with Crippen LogP contribution in [0.5, 0.6) is 0 Å². The van der Waals surface area contributed by atoms with Gasteiger partial charge in [-0.3, -0.25) is 14.4 Å². The molecule has 1 aromatic rings. The number of aliphatic carboxylic acids is 1. The van der Waals surface area contributed by atoms with E-state index in [-0.39, 0.29) is 44.3 Å². The molecule has 1 unspecified atom stereocenters. The number of piperazine rings is 1. The summed E-state index contributed by atoms with van der Waals surface area (Å²) in [4.78, 5) is 52.6. The largest absolute Gasteiger partial charge is 0.481 e. The molecular weight excluding hydrogens is 414 g/mol. The number of rotatable bonds is 5. The molecule has 11 heteroatoms. The third kappa shape index (κ3) is 4.19. The number of carboxylic acid groups (broad SMARTS) is 1. The van der Waals surface area contributed by atoms with E-state index in [0.717, 1.165) is 5.56 Å². The summed E-state index contributed by atoms with van der Waals surface area (Å²) < 4.78 is 0. The van der Waals surface area contributed by atoms with E-state index in [1.807, 2.05) is 0 Å². The molecule has 1 aromatic carbocycles. The summed E-state index contributed by atoms with van der Waals surface area (Å²) >= 11 is 6.25. The Kier molecular flexibility index (Phi) is 6.47. The summed E-state index contributed by atoms with van der Waals surface area (Å²) in [5.74, 6) is -1.75. The maximum absolute atomic E-state index is 13.2. The predicted molar refractivity (Wildman–Crippen MR) is 107 cm³/mol. The summed E-state index contributed by atoms with van der Waals surface area (Å²) in [6.45, 7) is 0.175. The number of hydrogen-bond acceptors (Lipinski definition) is 5. The van der Waals surface area contributed by atoms with Gasteiger partial charge >= 0.3 is 12.0 Å². The Bertz CT molecular complexity index is 865. The van der Waals surface area contributed by atoms with Crippen LogP contribution in [0.25, 0.3) is 0 Å². The lowest BCUT2D eigenvalue weighted by Gasteiger charge is -2.54. The molecular formula is C19H24ClN5O5. The molecule has 0 bridgehead atoms. The molecule has 162 valence electrons. The summed E-state index contributed by atoms with van der Waals surface area (Å²) in [7, 11) is 3.10. The standard InChI is InChI=1S/C19H24ClN5O5/c1-21-19(30)25-15-10-23(9-12-5-3-4-6-13(12)20)18(29)14(7-8-17(27)28)24(15)16(26)11-22(25)2/h3-6,14-15H,7-11H2,1-2H3,(H,21,30)(H,27,28)/t14?,15-/m0/s1. The van der Waals surface area contributed by atoms with Crippen molar-refractivity contribution in [2.24, 2.45) is 0 Å². The van der Waals surface area contributed by atoms with Gasteiger partial charge in [-0.25, -0.2) is 14.8 Å². The highest BCUT2D eigenvalue weighted by molar-refractivity contribution is 6.31. The van der Waals surface area contributed by atoms with Gasteiger partial charge in [0.2, 0.25) is 11.8 Å². The molecule has 2 heterocycles. The molecule has 2 fully saturated rings. The number of urea groups is 1. The molecule has 10 nitrogen and oxygen atoms in total. The molecule has 2 aliphatic rings. The molecule has 2 N–H and O–H groups in total. The highest BCUT2D eigenvalue weighted by Crippen LogP contribution is 2.29. The Labute approximate surface area is 178 Å². The predicted octanol–water partition coefficient (Wildman–Crippen LogP) is 0.572. The summed E-state index contributed by atoms with van der Waals surface area (Å²) in [5, 5.41) is 15.1. The van der Waals surface area contributed by atoms with E-state index in [4.69, 9.17) is 16.7 Å². The third-order valence-corrected chi connectivity index (χ3v) is 5.68. The van der Waals surface area contributed by atoms with Crippen molar-refractivity contribution in [2.75, 3.05) is 27.2 Å². The molecule has 0 spiro atoms. The second kappa shape index (κ2) is 8.88. The molecule has 2 saturated heterocycles. The van der Waals surface area contributed by atoms with Gasteiger partial charge in [0.15, 0.2) is 0 Å². The number of carbonyl (C=O) groups excluding carboxylic acids is 3. The third-order valence-electron chi connectivity index (χ3n) is 5.31. The van der Waals surface area contributed by atoms with Crippen molar-refractivity contribution >= 4 is 35.4 Å². The molecule has 2 aliphatic heterocycles. The van der Waals surface area contributed by atoms with Crippen LogP contribution in [0.2, 0.25) is 5.02 Å². The zero-order valence-electron chi connectivity index (χ0n) is 16.7. The zero-order chi connectivity index (χ0) is 22.0. The first kappa shape index (κ1) is 21.8. The maximum atomic E-state index is 13.2. The van der Waals surface area contributed by atoms with E-state index in [0.29, 0.717) is 5.02 Å². The summed E-state index contributed by atoms with van der Waals surface area (Å²) in [6, 6.07) is 5.69. The van der Waals surface area contributed by atoms with Gasteiger partial charge < -0.3 is 20.2 Å². The number of halogens is 1. The highest BCUT2D eigenvalue weighted by Gasteiger charge is 2.50. The van der Waals surface area contributed by atoms with Gasteiger partial charge in [-0.15, -0.1) is 0 Å². The minimum absolute atomic E-state index is 0.0409. The molecule has 4 amide bonds. The van der Waals surface area contributed by atoms with E-state index >= 15 is 0 Å². The molecule has 0 aliphatic carbocycles. The van der Waals surface area contributed by atoms with Crippen molar-refractivity contribution in [3.05, 3.63) is 34.9 Å². The lowest BCUT2D eigenvalue weighted by atomic mass is 10.0. The van der Waals surface area contributed by atoms with Gasteiger partial charge in [-0.2, -0.15) is 0 Å². The normalized spacial score (nSPS) is 22.2. The first-order chi connectivity index (χ1) is 14.2. The number of amides is 4. The van der Waals surface area contributed by atoms with Crippen molar-refractivity contribution in [3.8, 4) is 0 Å². The Balaban J connectivity index is 1.97. The average Bonchev–Trinajstić information content (AvgIpc) is 2.69. The van der Waals surface area contributed by atoms with Crippen LogP contribution in [0, 0.1) is 0 Å². The Morgan fingerprint density at radius 3 is 2.60 bits per heavy atom. The van der Waals surface area contributed by atoms with Gasteiger partial charge in [0, 0.05) is 32.1 Å². The molecule has 2 atom stereocenters. The number of likely N-dealkylation sites (N-methyl/N-ethyl adjacent to an activating group) is 1. The first-order valence-electron chi connectivity index (χ1n) is 9.51. The number of fused-ring (bicyclic) bond motifs is 1. The Morgan fingerprint density at radius 2 is 1.97 bits per heavy atom. The number of hydrogen-bond donors (Lipinski definition) is 2. The molecule has 0 aromatic heterocycles. The second-order valence-corrected chi connectivity index (χ2v) is 7.66. The van der Waals surface area contributed by atoms with E-state index in [1.165, 1.54) is 26.9 Å². The number of benzene rings is 1. The van der Waals surface area contributed by atoms with Crippen LogP contribution in [0.1, 0.15) is 18.4 Å². The number of nitrogens with zero attached hydrogens (tertiary/aromatic N) is 4. The van der Waals surface area contributed by atoms with Crippen LogP contribution in [0.3, 0.4) is 0 Å². The van der Waals surface area contributed by atoms with Gasteiger partial charge in [0.05, 0.1) is 13.1 Å². The topological polar surface area (TPSA) is 113 Å². The minimum Gasteiger partial charge on any atom is -0.481 e. The quantitative estimate of drug-likeness (QED) is 0.696. The van der Waals surface area contributed by atoms with Gasteiger partial charge in [-0.1, -0.05) is 29.8 Å².